The summed E-state index contributed by atoms with van der Waals surface area (Å²) >= 11 is 6.29. The van der Waals surface area contributed by atoms with Gasteiger partial charge in [0.2, 0.25) is 0 Å². The first-order chi connectivity index (χ1) is 13.6. The maximum absolute atomic E-state index is 12.0. The van der Waals surface area contributed by atoms with Crippen LogP contribution in [0.2, 0.25) is 0 Å². The van der Waals surface area contributed by atoms with Crippen LogP contribution >= 0.6 is 23.6 Å². The molecule has 0 aliphatic rings. The number of hydrogen-bond donors (Lipinski definition) is 3. The van der Waals surface area contributed by atoms with Crippen molar-refractivity contribution in [2.75, 3.05) is 6.61 Å². The molecule has 0 atom stereocenters. The van der Waals surface area contributed by atoms with E-state index in [-0.39, 0.29) is 17.6 Å². The molecule has 0 unspecified atom stereocenters. The van der Waals surface area contributed by atoms with Gasteiger partial charge in [0.15, 0.2) is 11.7 Å². The number of para-hydroxylation sites is 1. The molecule has 142 valence electrons. The third-order valence-corrected chi connectivity index (χ3v) is 4.69. The molecule has 0 spiro atoms. The van der Waals surface area contributed by atoms with Gasteiger partial charge in [0, 0.05) is 5.56 Å². The molecule has 28 heavy (non-hydrogen) atoms. The second-order valence-electron chi connectivity index (χ2n) is 5.58. The van der Waals surface area contributed by atoms with Gasteiger partial charge >= 0.3 is 0 Å². The Hall–Kier alpha value is -3.23. The van der Waals surface area contributed by atoms with Crippen molar-refractivity contribution in [1.82, 2.24) is 16.2 Å². The molecular formula is C20H17N3O3S2. The molecule has 0 fully saturated rings. The van der Waals surface area contributed by atoms with Crippen LogP contribution in [0.3, 0.4) is 0 Å². The molecule has 8 heteroatoms. The Morgan fingerprint density at radius 3 is 2.43 bits per heavy atom. The zero-order valence-corrected chi connectivity index (χ0v) is 16.3. The zero-order chi connectivity index (χ0) is 19.8. The Labute approximate surface area is 171 Å². The van der Waals surface area contributed by atoms with Gasteiger partial charge in [-0.05, 0) is 35.3 Å². The number of benzene rings is 2. The summed E-state index contributed by atoms with van der Waals surface area (Å²) < 4.78 is 5.64. The van der Waals surface area contributed by atoms with Crippen molar-refractivity contribution in [1.29, 1.82) is 0 Å². The summed E-state index contributed by atoms with van der Waals surface area (Å²) in [5.41, 5.74) is 6.76. The lowest BCUT2D eigenvalue weighted by Gasteiger charge is -2.13. The van der Waals surface area contributed by atoms with Crippen LogP contribution in [0.25, 0.3) is 11.1 Å². The molecule has 6 nitrogen and oxygen atoms in total. The van der Waals surface area contributed by atoms with Crippen LogP contribution in [0.1, 0.15) is 9.67 Å². The van der Waals surface area contributed by atoms with E-state index in [9.17, 15) is 9.59 Å². The fourth-order valence-corrected chi connectivity index (χ4v) is 3.12. The van der Waals surface area contributed by atoms with Crippen LogP contribution in [-0.2, 0) is 4.79 Å². The van der Waals surface area contributed by atoms with Crippen molar-refractivity contribution in [3.8, 4) is 16.9 Å². The molecule has 0 bridgehead atoms. The monoisotopic (exact) mass is 411 g/mol. The quantitative estimate of drug-likeness (QED) is 0.444. The van der Waals surface area contributed by atoms with Gasteiger partial charge in [-0.25, -0.2) is 0 Å². The largest absolute Gasteiger partial charge is 0.483 e. The molecule has 3 N–H and O–H groups in total. The highest BCUT2D eigenvalue weighted by molar-refractivity contribution is 7.80. The molecule has 1 heterocycles. The molecule has 0 radical (unpaired) electrons. The topological polar surface area (TPSA) is 79.5 Å². The van der Waals surface area contributed by atoms with Crippen molar-refractivity contribution in [3.05, 3.63) is 77.0 Å². The second kappa shape index (κ2) is 9.63. The minimum Gasteiger partial charge on any atom is -0.483 e. The molecule has 0 saturated carbocycles. The Morgan fingerprint density at radius 1 is 0.929 bits per heavy atom. The van der Waals surface area contributed by atoms with Gasteiger partial charge < -0.3 is 4.74 Å². The number of carbonyl (C=O) groups is 2. The molecule has 3 aromatic rings. The van der Waals surface area contributed by atoms with Crippen LogP contribution in [-0.4, -0.2) is 23.5 Å². The van der Waals surface area contributed by atoms with E-state index in [1.54, 1.807) is 23.6 Å². The lowest BCUT2D eigenvalue weighted by Crippen LogP contribution is -2.49. The van der Waals surface area contributed by atoms with Gasteiger partial charge in [0.25, 0.3) is 11.8 Å². The summed E-state index contributed by atoms with van der Waals surface area (Å²) in [5.74, 6) is -0.178. The highest BCUT2D eigenvalue weighted by atomic mass is 32.1. The van der Waals surface area contributed by atoms with Gasteiger partial charge in [0.1, 0.15) is 5.75 Å². The van der Waals surface area contributed by atoms with Gasteiger partial charge in [0.05, 0.1) is 4.88 Å². The molecule has 0 aliphatic carbocycles. The summed E-state index contributed by atoms with van der Waals surface area (Å²) in [6.45, 7) is -0.210. The number of thiocarbonyl (C=S) groups is 1. The number of rotatable bonds is 5. The second-order valence-corrected chi connectivity index (χ2v) is 6.94. The molecule has 0 saturated heterocycles. The number of hydrazine groups is 1. The minimum absolute atomic E-state index is 0.00330. The number of thiophene rings is 1. The summed E-state index contributed by atoms with van der Waals surface area (Å²) in [7, 11) is 0. The average molecular weight is 412 g/mol. The van der Waals surface area contributed by atoms with E-state index in [0.717, 1.165) is 11.1 Å². The van der Waals surface area contributed by atoms with Gasteiger partial charge in [-0.1, -0.05) is 54.6 Å². The Balaban J connectivity index is 1.49. The van der Waals surface area contributed by atoms with Crippen LogP contribution in [0, 0.1) is 0 Å². The van der Waals surface area contributed by atoms with E-state index in [1.165, 1.54) is 11.3 Å². The zero-order valence-electron chi connectivity index (χ0n) is 14.7. The number of amides is 2. The molecule has 3 rings (SSSR count). The van der Waals surface area contributed by atoms with E-state index in [2.05, 4.69) is 16.2 Å². The van der Waals surface area contributed by atoms with E-state index >= 15 is 0 Å². The lowest BCUT2D eigenvalue weighted by atomic mass is 10.1. The maximum Gasteiger partial charge on any atom is 0.276 e. The normalized spacial score (nSPS) is 10.0. The van der Waals surface area contributed by atoms with Crippen LogP contribution in [0.5, 0.6) is 5.75 Å². The molecule has 1 aromatic heterocycles. The summed E-state index contributed by atoms with van der Waals surface area (Å²) in [5, 5.41) is 4.26. The predicted octanol–water partition coefficient (Wildman–Crippen LogP) is 3.13. The predicted molar refractivity (Wildman–Crippen MR) is 113 cm³/mol. The Kier molecular flexibility index (Phi) is 6.72. The number of carbonyl (C=O) groups excluding carboxylic acids is 2. The summed E-state index contributed by atoms with van der Waals surface area (Å²) in [4.78, 5) is 24.4. The first-order valence-corrected chi connectivity index (χ1v) is 9.63. The molecule has 2 aromatic carbocycles. The highest BCUT2D eigenvalue weighted by Crippen LogP contribution is 2.29. The fraction of sp³-hybridized carbons (Fsp3) is 0.0500. The van der Waals surface area contributed by atoms with Crippen molar-refractivity contribution >= 4 is 40.5 Å². The van der Waals surface area contributed by atoms with Gasteiger partial charge in [-0.15, -0.1) is 11.3 Å². The standard InChI is InChI=1S/C20H17N3O3S2/c24-18(22-23-20(27)21-19(25)17-11-6-12-28-17)13-26-16-10-5-4-9-15(16)14-7-2-1-3-8-14/h1-12H,13H2,(H,22,24)(H2,21,23,25,27). The van der Waals surface area contributed by atoms with Crippen LogP contribution in [0.4, 0.5) is 0 Å². The van der Waals surface area contributed by atoms with E-state index in [0.29, 0.717) is 10.6 Å². The number of ether oxygens (including phenoxy) is 1. The van der Waals surface area contributed by atoms with E-state index in [4.69, 9.17) is 17.0 Å². The van der Waals surface area contributed by atoms with Crippen molar-refractivity contribution < 1.29 is 14.3 Å². The Bertz CT molecular complexity index is 960. The van der Waals surface area contributed by atoms with Crippen LogP contribution in [0.15, 0.2) is 72.1 Å². The first-order valence-electron chi connectivity index (χ1n) is 8.34. The molecule has 0 aliphatic heterocycles. The fourth-order valence-electron chi connectivity index (χ4n) is 2.36. The SMILES string of the molecule is O=C(COc1ccccc1-c1ccccc1)NNC(=S)NC(=O)c1cccs1. The van der Waals surface area contributed by atoms with E-state index < -0.39 is 5.91 Å². The Morgan fingerprint density at radius 2 is 1.68 bits per heavy atom. The minimum atomic E-state index is -0.435. The third-order valence-electron chi connectivity index (χ3n) is 3.62. The van der Waals surface area contributed by atoms with Crippen molar-refractivity contribution in [3.63, 3.8) is 0 Å². The van der Waals surface area contributed by atoms with Gasteiger partial charge in [-0.2, -0.15) is 0 Å². The highest BCUT2D eigenvalue weighted by Gasteiger charge is 2.11. The molecular weight excluding hydrogens is 394 g/mol. The smallest absolute Gasteiger partial charge is 0.276 e. The lowest BCUT2D eigenvalue weighted by molar-refractivity contribution is -0.123. The van der Waals surface area contributed by atoms with Crippen molar-refractivity contribution in [2.45, 2.75) is 0 Å². The van der Waals surface area contributed by atoms with Gasteiger partial charge in [-0.3, -0.25) is 25.8 Å². The van der Waals surface area contributed by atoms with E-state index in [1.807, 2.05) is 48.5 Å². The van der Waals surface area contributed by atoms with Crippen LogP contribution < -0.4 is 20.9 Å². The maximum atomic E-state index is 12.0. The average Bonchev–Trinajstić information content (AvgIpc) is 3.27. The molecule has 2 amide bonds. The third kappa shape index (κ3) is 5.38. The van der Waals surface area contributed by atoms with Crippen molar-refractivity contribution in [2.24, 2.45) is 0 Å². The number of hydrogen-bond acceptors (Lipinski definition) is 5. The summed E-state index contributed by atoms with van der Waals surface area (Å²) in [6.07, 6.45) is 0. The number of nitrogens with one attached hydrogen (secondary N) is 3. The summed E-state index contributed by atoms with van der Waals surface area (Å²) in [6, 6.07) is 20.7. The first kappa shape index (κ1) is 19.5.